The smallest absolute Gasteiger partial charge is 0.129 e. The Morgan fingerprint density at radius 2 is 2.08 bits per heavy atom. The molecule has 0 aliphatic rings. The van der Waals surface area contributed by atoms with Crippen molar-refractivity contribution in [2.75, 3.05) is 12.5 Å². The van der Waals surface area contributed by atoms with Crippen molar-refractivity contribution < 1.29 is 13.9 Å². The topological polar surface area (TPSA) is 20.2 Å². The first-order valence-electron chi connectivity index (χ1n) is 3.80. The van der Waals surface area contributed by atoms with Gasteiger partial charge in [0, 0.05) is 17.9 Å². The Labute approximate surface area is 80.0 Å². The van der Waals surface area contributed by atoms with Crippen LogP contribution in [0.25, 0.3) is 0 Å². The van der Waals surface area contributed by atoms with E-state index in [-0.39, 0.29) is 18.1 Å². The highest BCUT2D eigenvalue weighted by atomic mass is 35.5. The SMILES string of the molecule is OCC(CCl)c1ccc(F)cc1F. The number of halogens is 3. The van der Waals surface area contributed by atoms with E-state index in [4.69, 9.17) is 16.7 Å². The lowest BCUT2D eigenvalue weighted by Crippen LogP contribution is -2.08. The van der Waals surface area contributed by atoms with Crippen molar-refractivity contribution >= 4 is 11.6 Å². The van der Waals surface area contributed by atoms with E-state index >= 15 is 0 Å². The van der Waals surface area contributed by atoms with Crippen molar-refractivity contribution in [1.82, 2.24) is 0 Å². The molecule has 72 valence electrons. The van der Waals surface area contributed by atoms with Crippen LogP contribution in [0.4, 0.5) is 8.78 Å². The van der Waals surface area contributed by atoms with E-state index in [2.05, 4.69) is 0 Å². The van der Waals surface area contributed by atoms with Gasteiger partial charge in [-0.2, -0.15) is 0 Å². The summed E-state index contributed by atoms with van der Waals surface area (Å²) in [4.78, 5) is 0. The highest BCUT2D eigenvalue weighted by molar-refractivity contribution is 6.18. The summed E-state index contributed by atoms with van der Waals surface area (Å²) in [5.41, 5.74) is 0.249. The normalized spacial score (nSPS) is 12.9. The van der Waals surface area contributed by atoms with E-state index in [1.807, 2.05) is 0 Å². The maximum absolute atomic E-state index is 13.1. The number of rotatable bonds is 3. The number of benzene rings is 1. The van der Waals surface area contributed by atoms with Crippen molar-refractivity contribution in [3.05, 3.63) is 35.4 Å². The van der Waals surface area contributed by atoms with E-state index in [0.29, 0.717) is 0 Å². The third kappa shape index (κ3) is 2.39. The molecule has 0 saturated heterocycles. The molecule has 1 rings (SSSR count). The molecule has 0 aliphatic carbocycles. The molecule has 13 heavy (non-hydrogen) atoms. The summed E-state index contributed by atoms with van der Waals surface area (Å²) in [6.45, 7) is -0.244. The van der Waals surface area contributed by atoms with E-state index in [9.17, 15) is 8.78 Å². The second kappa shape index (κ2) is 4.53. The lowest BCUT2D eigenvalue weighted by atomic mass is 10.0. The third-order valence-corrected chi connectivity index (χ3v) is 2.18. The van der Waals surface area contributed by atoms with Gasteiger partial charge < -0.3 is 5.11 Å². The average Bonchev–Trinajstić information content (AvgIpc) is 2.10. The van der Waals surface area contributed by atoms with Gasteiger partial charge in [0.25, 0.3) is 0 Å². The number of hydrogen-bond donors (Lipinski definition) is 1. The predicted molar refractivity (Wildman–Crippen MR) is 46.9 cm³/mol. The second-order valence-corrected chi connectivity index (χ2v) is 3.01. The van der Waals surface area contributed by atoms with Gasteiger partial charge in [-0.25, -0.2) is 8.78 Å². The lowest BCUT2D eigenvalue weighted by Gasteiger charge is -2.11. The molecular formula is C9H9ClF2O. The fraction of sp³-hybridized carbons (Fsp3) is 0.333. The summed E-state index contributed by atoms with van der Waals surface area (Å²) in [6.07, 6.45) is 0. The van der Waals surface area contributed by atoms with Gasteiger partial charge >= 0.3 is 0 Å². The van der Waals surface area contributed by atoms with Crippen LogP contribution in [0.1, 0.15) is 11.5 Å². The van der Waals surface area contributed by atoms with Gasteiger partial charge in [0.1, 0.15) is 11.6 Å². The zero-order chi connectivity index (χ0) is 9.84. The average molecular weight is 207 g/mol. The molecule has 0 aromatic heterocycles. The van der Waals surface area contributed by atoms with E-state index < -0.39 is 17.6 Å². The van der Waals surface area contributed by atoms with Crippen LogP contribution in [-0.4, -0.2) is 17.6 Å². The van der Waals surface area contributed by atoms with Crippen molar-refractivity contribution in [2.24, 2.45) is 0 Å². The Balaban J connectivity index is 2.99. The molecule has 0 fully saturated rings. The zero-order valence-electron chi connectivity index (χ0n) is 6.80. The molecule has 1 aromatic carbocycles. The fourth-order valence-electron chi connectivity index (χ4n) is 1.06. The molecule has 1 aromatic rings. The van der Waals surface area contributed by atoms with Crippen LogP contribution >= 0.6 is 11.6 Å². The van der Waals surface area contributed by atoms with E-state index in [1.165, 1.54) is 6.07 Å². The minimum Gasteiger partial charge on any atom is -0.396 e. The Hall–Kier alpha value is -0.670. The number of aliphatic hydroxyl groups excluding tert-OH is 1. The molecule has 0 bridgehead atoms. The first-order chi connectivity index (χ1) is 6.19. The predicted octanol–water partition coefficient (Wildman–Crippen LogP) is 2.28. The van der Waals surface area contributed by atoms with Crippen LogP contribution in [0, 0.1) is 11.6 Å². The largest absolute Gasteiger partial charge is 0.396 e. The summed E-state index contributed by atoms with van der Waals surface area (Å²) >= 11 is 5.49. The van der Waals surface area contributed by atoms with Crippen LogP contribution in [0.15, 0.2) is 18.2 Å². The van der Waals surface area contributed by atoms with E-state index in [0.717, 1.165) is 12.1 Å². The molecule has 1 N–H and O–H groups in total. The van der Waals surface area contributed by atoms with Gasteiger partial charge in [0.15, 0.2) is 0 Å². The zero-order valence-corrected chi connectivity index (χ0v) is 7.56. The highest BCUT2D eigenvalue weighted by Gasteiger charge is 2.14. The Morgan fingerprint density at radius 1 is 1.38 bits per heavy atom. The summed E-state index contributed by atoms with van der Waals surface area (Å²) < 4.78 is 25.5. The van der Waals surface area contributed by atoms with Crippen molar-refractivity contribution in [1.29, 1.82) is 0 Å². The Morgan fingerprint density at radius 3 is 2.54 bits per heavy atom. The quantitative estimate of drug-likeness (QED) is 0.753. The number of hydrogen-bond acceptors (Lipinski definition) is 1. The fourth-order valence-corrected chi connectivity index (χ4v) is 1.33. The molecule has 1 unspecified atom stereocenters. The maximum Gasteiger partial charge on any atom is 0.129 e. The molecule has 0 heterocycles. The van der Waals surface area contributed by atoms with Crippen molar-refractivity contribution in [3.63, 3.8) is 0 Å². The number of alkyl halides is 1. The van der Waals surface area contributed by atoms with Crippen LogP contribution < -0.4 is 0 Å². The Kier molecular flexibility index (Phi) is 3.63. The van der Waals surface area contributed by atoms with Gasteiger partial charge in [-0.3, -0.25) is 0 Å². The molecule has 0 saturated carbocycles. The first-order valence-corrected chi connectivity index (χ1v) is 4.34. The third-order valence-electron chi connectivity index (χ3n) is 1.81. The van der Waals surface area contributed by atoms with Gasteiger partial charge in [-0.15, -0.1) is 11.6 Å². The van der Waals surface area contributed by atoms with Crippen LogP contribution in [0.5, 0.6) is 0 Å². The van der Waals surface area contributed by atoms with Crippen molar-refractivity contribution in [3.8, 4) is 0 Å². The lowest BCUT2D eigenvalue weighted by molar-refractivity contribution is 0.271. The molecule has 0 radical (unpaired) electrons. The molecule has 4 heteroatoms. The van der Waals surface area contributed by atoms with Gasteiger partial charge in [-0.1, -0.05) is 6.07 Å². The van der Waals surface area contributed by atoms with Crippen molar-refractivity contribution in [2.45, 2.75) is 5.92 Å². The second-order valence-electron chi connectivity index (χ2n) is 2.70. The standard InChI is InChI=1S/C9H9ClF2O/c10-4-6(5-13)8-2-1-7(11)3-9(8)12/h1-3,6,13H,4-5H2. The molecule has 1 atom stereocenters. The highest BCUT2D eigenvalue weighted by Crippen LogP contribution is 2.20. The van der Waals surface area contributed by atoms with Gasteiger partial charge in [0.05, 0.1) is 6.61 Å². The summed E-state index contributed by atoms with van der Waals surface area (Å²) in [7, 11) is 0. The summed E-state index contributed by atoms with van der Waals surface area (Å²) in [5.74, 6) is -1.66. The Bertz CT molecular complexity index is 287. The summed E-state index contributed by atoms with van der Waals surface area (Å²) in [6, 6.07) is 3.23. The molecule has 0 aliphatic heterocycles. The monoisotopic (exact) mass is 206 g/mol. The van der Waals surface area contributed by atoms with Crippen LogP contribution in [0.2, 0.25) is 0 Å². The molecule has 1 nitrogen and oxygen atoms in total. The summed E-state index contributed by atoms with van der Waals surface area (Å²) in [5, 5.41) is 8.83. The molecular weight excluding hydrogens is 198 g/mol. The van der Waals surface area contributed by atoms with Crippen LogP contribution in [0.3, 0.4) is 0 Å². The number of aliphatic hydroxyl groups is 1. The van der Waals surface area contributed by atoms with Crippen LogP contribution in [-0.2, 0) is 0 Å². The first kappa shape index (κ1) is 10.4. The van der Waals surface area contributed by atoms with Gasteiger partial charge in [0.2, 0.25) is 0 Å². The maximum atomic E-state index is 13.1. The van der Waals surface area contributed by atoms with Gasteiger partial charge in [-0.05, 0) is 11.6 Å². The minimum atomic E-state index is -0.667. The minimum absolute atomic E-state index is 0.110. The van der Waals surface area contributed by atoms with E-state index in [1.54, 1.807) is 0 Å². The molecule has 0 spiro atoms. The molecule has 0 amide bonds.